The molecule has 2 aromatic rings. The number of hydrogen-bond acceptors (Lipinski definition) is 5. The van der Waals surface area contributed by atoms with E-state index in [0.717, 1.165) is 50.4 Å². The van der Waals surface area contributed by atoms with Gasteiger partial charge in [0.2, 0.25) is 5.95 Å². The fourth-order valence-corrected chi connectivity index (χ4v) is 3.66. The summed E-state index contributed by atoms with van der Waals surface area (Å²) in [5.41, 5.74) is 10.8. The van der Waals surface area contributed by atoms with Gasteiger partial charge in [0, 0.05) is 17.7 Å². The van der Waals surface area contributed by atoms with E-state index in [9.17, 15) is 0 Å². The van der Waals surface area contributed by atoms with Gasteiger partial charge in [-0.3, -0.25) is 0 Å². The molecule has 2 heterocycles. The van der Waals surface area contributed by atoms with Crippen LogP contribution in [0.2, 0.25) is 0 Å². The Morgan fingerprint density at radius 2 is 2.13 bits per heavy atom. The molecule has 1 fully saturated rings. The SMILES string of the molecule is Nc1nc(NCC2CCNC2)c2c(n1)-c1ccccc1CCC2. The molecule has 1 atom stereocenters. The maximum atomic E-state index is 6.00. The van der Waals surface area contributed by atoms with Crippen molar-refractivity contribution in [2.24, 2.45) is 5.92 Å². The molecule has 0 spiro atoms. The van der Waals surface area contributed by atoms with Crippen LogP contribution in [-0.2, 0) is 12.8 Å². The number of rotatable bonds is 3. The van der Waals surface area contributed by atoms with Crippen molar-refractivity contribution in [2.45, 2.75) is 25.7 Å². The average Bonchev–Trinajstić information content (AvgIpc) is 3.01. The van der Waals surface area contributed by atoms with Gasteiger partial charge < -0.3 is 16.4 Å². The first kappa shape index (κ1) is 14.5. The summed E-state index contributed by atoms with van der Waals surface area (Å²) in [6.45, 7) is 3.14. The van der Waals surface area contributed by atoms with E-state index in [2.05, 4.69) is 44.9 Å². The summed E-state index contributed by atoms with van der Waals surface area (Å²) >= 11 is 0. The molecular formula is C18H23N5. The van der Waals surface area contributed by atoms with Crippen LogP contribution in [0, 0.1) is 5.92 Å². The maximum Gasteiger partial charge on any atom is 0.222 e. The number of fused-ring (bicyclic) bond motifs is 3. The second-order valence-corrected chi connectivity index (χ2v) is 6.51. The molecule has 5 heteroatoms. The van der Waals surface area contributed by atoms with Gasteiger partial charge in [0.15, 0.2) is 0 Å². The van der Waals surface area contributed by atoms with Crippen molar-refractivity contribution < 1.29 is 0 Å². The van der Waals surface area contributed by atoms with Gasteiger partial charge in [-0.25, -0.2) is 4.98 Å². The maximum absolute atomic E-state index is 6.00. The lowest BCUT2D eigenvalue weighted by Gasteiger charge is -2.16. The van der Waals surface area contributed by atoms with Gasteiger partial charge in [0.1, 0.15) is 5.82 Å². The first-order chi connectivity index (χ1) is 11.3. The van der Waals surface area contributed by atoms with Crippen molar-refractivity contribution in [1.29, 1.82) is 0 Å². The molecule has 2 aliphatic rings. The van der Waals surface area contributed by atoms with Crippen molar-refractivity contribution in [1.82, 2.24) is 15.3 Å². The molecule has 1 unspecified atom stereocenters. The topological polar surface area (TPSA) is 75.9 Å². The summed E-state index contributed by atoms with van der Waals surface area (Å²) in [5, 5.41) is 6.95. The summed E-state index contributed by atoms with van der Waals surface area (Å²) in [6, 6.07) is 8.51. The molecule has 120 valence electrons. The number of nitrogens with zero attached hydrogens (tertiary/aromatic N) is 2. The molecule has 0 bridgehead atoms. The van der Waals surface area contributed by atoms with Crippen LogP contribution in [0.3, 0.4) is 0 Å². The van der Waals surface area contributed by atoms with Crippen molar-refractivity contribution in [3.05, 3.63) is 35.4 Å². The number of aromatic nitrogens is 2. The predicted octanol–water partition coefficient (Wildman–Crippen LogP) is 2.24. The quantitative estimate of drug-likeness (QED) is 0.810. The number of aryl methyl sites for hydroxylation is 1. The third kappa shape index (κ3) is 2.88. The first-order valence-corrected chi connectivity index (χ1v) is 8.50. The van der Waals surface area contributed by atoms with E-state index in [0.29, 0.717) is 11.9 Å². The normalized spacial score (nSPS) is 19.7. The Bertz CT molecular complexity index is 707. The van der Waals surface area contributed by atoms with E-state index in [1.54, 1.807) is 0 Å². The van der Waals surface area contributed by atoms with Crippen molar-refractivity contribution in [2.75, 3.05) is 30.7 Å². The van der Waals surface area contributed by atoms with Crippen LogP contribution in [0.1, 0.15) is 24.0 Å². The Labute approximate surface area is 136 Å². The largest absolute Gasteiger partial charge is 0.369 e. The van der Waals surface area contributed by atoms with Gasteiger partial charge in [-0.2, -0.15) is 4.98 Å². The van der Waals surface area contributed by atoms with Crippen LogP contribution in [0.4, 0.5) is 11.8 Å². The first-order valence-electron chi connectivity index (χ1n) is 8.50. The minimum atomic E-state index is 0.354. The number of anilines is 2. The van der Waals surface area contributed by atoms with Gasteiger partial charge in [-0.1, -0.05) is 24.3 Å². The van der Waals surface area contributed by atoms with E-state index >= 15 is 0 Å². The number of nitrogens with two attached hydrogens (primary N) is 1. The lowest BCUT2D eigenvalue weighted by Crippen LogP contribution is -2.19. The van der Waals surface area contributed by atoms with Crippen LogP contribution < -0.4 is 16.4 Å². The number of nitrogens with one attached hydrogen (secondary N) is 2. The van der Waals surface area contributed by atoms with E-state index in [1.807, 2.05) is 0 Å². The molecule has 0 amide bonds. The molecule has 5 nitrogen and oxygen atoms in total. The van der Waals surface area contributed by atoms with Crippen LogP contribution in [0.5, 0.6) is 0 Å². The summed E-state index contributed by atoms with van der Waals surface area (Å²) in [4.78, 5) is 9.07. The second kappa shape index (κ2) is 6.16. The fraction of sp³-hybridized carbons (Fsp3) is 0.444. The number of nitrogen functional groups attached to an aromatic ring is 1. The van der Waals surface area contributed by atoms with Crippen LogP contribution in [0.15, 0.2) is 24.3 Å². The molecule has 1 aromatic carbocycles. The monoisotopic (exact) mass is 309 g/mol. The molecule has 23 heavy (non-hydrogen) atoms. The predicted molar refractivity (Wildman–Crippen MR) is 93.4 cm³/mol. The third-order valence-corrected chi connectivity index (χ3v) is 4.89. The lowest BCUT2D eigenvalue weighted by molar-refractivity contribution is 0.613. The molecule has 4 N–H and O–H groups in total. The molecule has 1 aliphatic carbocycles. The third-order valence-electron chi connectivity index (χ3n) is 4.89. The van der Waals surface area contributed by atoms with E-state index < -0.39 is 0 Å². The molecule has 4 rings (SSSR count). The van der Waals surface area contributed by atoms with E-state index in [4.69, 9.17) is 5.73 Å². The Morgan fingerprint density at radius 3 is 3.00 bits per heavy atom. The second-order valence-electron chi connectivity index (χ2n) is 6.51. The van der Waals surface area contributed by atoms with Crippen molar-refractivity contribution in [3.8, 4) is 11.3 Å². The Kier molecular flexibility index (Phi) is 3.87. The van der Waals surface area contributed by atoms with Crippen molar-refractivity contribution >= 4 is 11.8 Å². The summed E-state index contributed by atoms with van der Waals surface area (Å²) in [7, 11) is 0. The Morgan fingerprint density at radius 1 is 1.22 bits per heavy atom. The standard InChI is InChI=1S/C18H23N5/c19-18-22-16-14-6-2-1-4-13(14)5-3-7-15(16)17(23-18)21-11-12-8-9-20-10-12/h1-2,4,6,12,20H,3,5,7-11H2,(H3,19,21,22,23). The van der Waals surface area contributed by atoms with Gasteiger partial charge in [-0.15, -0.1) is 0 Å². The zero-order valence-corrected chi connectivity index (χ0v) is 13.3. The smallest absolute Gasteiger partial charge is 0.222 e. The summed E-state index contributed by atoms with van der Waals surface area (Å²) in [5.74, 6) is 1.95. The van der Waals surface area contributed by atoms with Crippen LogP contribution >= 0.6 is 0 Å². The fourth-order valence-electron chi connectivity index (χ4n) is 3.66. The number of hydrogen-bond donors (Lipinski definition) is 3. The Balaban J connectivity index is 1.70. The van der Waals surface area contributed by atoms with Gasteiger partial charge >= 0.3 is 0 Å². The van der Waals surface area contributed by atoms with Crippen molar-refractivity contribution in [3.63, 3.8) is 0 Å². The van der Waals surface area contributed by atoms with Crippen LogP contribution in [-0.4, -0.2) is 29.6 Å². The summed E-state index contributed by atoms with van der Waals surface area (Å²) < 4.78 is 0. The van der Waals surface area contributed by atoms with Gasteiger partial charge in [0.05, 0.1) is 5.69 Å². The highest BCUT2D eigenvalue weighted by Crippen LogP contribution is 2.34. The molecule has 1 aliphatic heterocycles. The molecule has 1 saturated heterocycles. The molecular weight excluding hydrogens is 286 g/mol. The lowest BCUT2D eigenvalue weighted by atomic mass is 10.0. The molecule has 0 radical (unpaired) electrons. The van der Waals surface area contributed by atoms with Crippen LogP contribution in [0.25, 0.3) is 11.3 Å². The minimum absolute atomic E-state index is 0.354. The molecule has 1 aromatic heterocycles. The zero-order chi connectivity index (χ0) is 15.6. The number of benzene rings is 1. The average molecular weight is 309 g/mol. The minimum Gasteiger partial charge on any atom is -0.369 e. The highest BCUT2D eigenvalue weighted by molar-refractivity contribution is 5.73. The Hall–Kier alpha value is -2.14. The van der Waals surface area contributed by atoms with Gasteiger partial charge in [0.25, 0.3) is 0 Å². The zero-order valence-electron chi connectivity index (χ0n) is 13.3. The van der Waals surface area contributed by atoms with E-state index in [1.165, 1.54) is 23.1 Å². The summed E-state index contributed by atoms with van der Waals surface area (Å²) in [6.07, 6.45) is 4.42. The highest BCUT2D eigenvalue weighted by Gasteiger charge is 2.21. The molecule has 0 saturated carbocycles. The van der Waals surface area contributed by atoms with E-state index in [-0.39, 0.29) is 0 Å². The highest BCUT2D eigenvalue weighted by atomic mass is 15.1. The van der Waals surface area contributed by atoms with Gasteiger partial charge in [-0.05, 0) is 50.3 Å².